The van der Waals surface area contributed by atoms with Gasteiger partial charge in [-0.2, -0.15) is 0 Å². The molecule has 20 heavy (non-hydrogen) atoms. The highest BCUT2D eigenvalue weighted by Crippen LogP contribution is 2.22. The molecule has 0 N–H and O–H groups in total. The van der Waals surface area contributed by atoms with Crippen LogP contribution in [0.15, 0.2) is 29.3 Å². The number of ether oxygens (including phenoxy) is 2. The minimum Gasteiger partial charge on any atom is -0.497 e. The molecular weight excluding hydrogens is 256 g/mol. The molecular formula is C15H20N2O3. The van der Waals surface area contributed by atoms with Crippen LogP contribution >= 0.6 is 0 Å². The summed E-state index contributed by atoms with van der Waals surface area (Å²) in [5.41, 5.74) is 1.14. The number of carbonyl (C=O) groups excluding carboxylic acids is 1. The summed E-state index contributed by atoms with van der Waals surface area (Å²) in [7, 11) is 1.66. The summed E-state index contributed by atoms with van der Waals surface area (Å²) in [5.74, 6) is 0.864. The Labute approximate surface area is 119 Å². The summed E-state index contributed by atoms with van der Waals surface area (Å²) in [5, 5.41) is 0. The van der Waals surface area contributed by atoms with Crippen molar-refractivity contribution in [2.45, 2.75) is 18.9 Å². The second-order valence-electron chi connectivity index (χ2n) is 4.72. The number of hydrogen-bond acceptors (Lipinski definition) is 4. The average molecular weight is 276 g/mol. The van der Waals surface area contributed by atoms with E-state index in [-0.39, 0.29) is 6.10 Å². The maximum Gasteiger partial charge on any atom is 0.209 e. The number of rotatable bonds is 3. The van der Waals surface area contributed by atoms with E-state index in [1.807, 2.05) is 24.3 Å². The lowest BCUT2D eigenvalue weighted by molar-refractivity contribution is -0.117. The number of likely N-dealkylation sites (tertiary alicyclic amines) is 1. The third-order valence-electron chi connectivity index (χ3n) is 3.35. The van der Waals surface area contributed by atoms with Crippen molar-refractivity contribution in [3.8, 4) is 5.75 Å². The smallest absolute Gasteiger partial charge is 0.209 e. The minimum absolute atomic E-state index is 0.0888. The predicted octanol–water partition coefficient (Wildman–Crippen LogP) is 2.03. The van der Waals surface area contributed by atoms with Crippen molar-refractivity contribution < 1.29 is 14.3 Å². The molecule has 2 aliphatic heterocycles. The summed E-state index contributed by atoms with van der Waals surface area (Å²) in [4.78, 5) is 15.7. The average Bonchev–Trinajstić information content (AvgIpc) is 3.21. The first-order chi connectivity index (χ1) is 9.83. The second kappa shape index (κ2) is 7.53. The maximum absolute atomic E-state index is 9.93. The summed E-state index contributed by atoms with van der Waals surface area (Å²) < 4.78 is 10.3. The lowest BCUT2D eigenvalue weighted by atomic mass is 10.1. The van der Waals surface area contributed by atoms with Gasteiger partial charge in [0.1, 0.15) is 11.9 Å². The molecule has 5 nitrogen and oxygen atoms in total. The van der Waals surface area contributed by atoms with Gasteiger partial charge < -0.3 is 14.4 Å². The fraction of sp³-hybridized carbons (Fsp3) is 0.467. The molecule has 3 rings (SSSR count). The molecule has 2 heterocycles. The molecule has 5 heteroatoms. The molecule has 1 atom stereocenters. The zero-order chi connectivity index (χ0) is 14.2. The van der Waals surface area contributed by atoms with Gasteiger partial charge in [-0.1, -0.05) is 12.1 Å². The van der Waals surface area contributed by atoms with Gasteiger partial charge in [-0.3, -0.25) is 9.79 Å². The summed E-state index contributed by atoms with van der Waals surface area (Å²) in [6.45, 7) is 2.67. The van der Waals surface area contributed by atoms with E-state index in [0.717, 1.165) is 30.8 Å². The molecule has 1 fully saturated rings. The monoisotopic (exact) mass is 276 g/mol. The van der Waals surface area contributed by atoms with E-state index in [9.17, 15) is 4.79 Å². The van der Waals surface area contributed by atoms with Crippen molar-refractivity contribution in [2.24, 2.45) is 4.99 Å². The van der Waals surface area contributed by atoms with E-state index in [0.29, 0.717) is 6.54 Å². The molecule has 1 aromatic rings. The van der Waals surface area contributed by atoms with Gasteiger partial charge in [-0.25, -0.2) is 0 Å². The second-order valence-corrected chi connectivity index (χ2v) is 4.72. The van der Waals surface area contributed by atoms with Gasteiger partial charge in [-0.15, -0.1) is 0 Å². The zero-order valence-electron chi connectivity index (χ0n) is 11.7. The van der Waals surface area contributed by atoms with Crippen LogP contribution in [0, 0.1) is 0 Å². The van der Waals surface area contributed by atoms with Gasteiger partial charge in [0.25, 0.3) is 0 Å². The SMILES string of the molecule is COc1ccc(C2CN=CO2)cc1.O=CN1CCCC1. The highest BCUT2D eigenvalue weighted by Gasteiger charge is 2.14. The number of carbonyl (C=O) groups is 1. The number of aliphatic imine (C=N–C) groups is 1. The highest BCUT2D eigenvalue weighted by atomic mass is 16.5. The van der Waals surface area contributed by atoms with Crippen LogP contribution in [-0.4, -0.2) is 44.5 Å². The number of amides is 1. The molecule has 0 bridgehead atoms. The Morgan fingerprint density at radius 2 is 2.00 bits per heavy atom. The van der Waals surface area contributed by atoms with Crippen LogP contribution in [0.2, 0.25) is 0 Å². The Hall–Kier alpha value is -2.04. The summed E-state index contributed by atoms with van der Waals surface area (Å²) >= 11 is 0. The van der Waals surface area contributed by atoms with E-state index >= 15 is 0 Å². The van der Waals surface area contributed by atoms with E-state index in [4.69, 9.17) is 9.47 Å². The van der Waals surface area contributed by atoms with Gasteiger partial charge in [0.15, 0.2) is 6.40 Å². The van der Waals surface area contributed by atoms with Gasteiger partial charge in [0, 0.05) is 13.1 Å². The van der Waals surface area contributed by atoms with Gasteiger partial charge in [0.05, 0.1) is 13.7 Å². The van der Waals surface area contributed by atoms with Gasteiger partial charge in [-0.05, 0) is 30.5 Å². The standard InChI is InChI=1S/C10H11NO2.C5H9NO/c1-12-9-4-2-8(3-5-9)10-6-11-7-13-10;7-5-6-3-1-2-4-6/h2-5,7,10H,6H2,1H3;5H,1-4H2. The Balaban J connectivity index is 0.000000178. The van der Waals surface area contributed by atoms with Crippen LogP contribution < -0.4 is 4.74 Å². The van der Waals surface area contributed by atoms with E-state index in [1.54, 1.807) is 12.0 Å². The molecule has 0 aromatic heterocycles. The molecule has 1 aromatic carbocycles. The lowest BCUT2D eigenvalue weighted by Crippen LogP contribution is -2.15. The van der Waals surface area contributed by atoms with Gasteiger partial charge in [0.2, 0.25) is 6.41 Å². The lowest BCUT2D eigenvalue weighted by Gasteiger charge is -2.09. The molecule has 0 radical (unpaired) electrons. The molecule has 108 valence electrons. The molecule has 1 amide bonds. The third kappa shape index (κ3) is 3.98. The van der Waals surface area contributed by atoms with Crippen LogP contribution in [-0.2, 0) is 9.53 Å². The van der Waals surface area contributed by atoms with E-state index in [1.165, 1.54) is 19.2 Å². The van der Waals surface area contributed by atoms with Crippen molar-refractivity contribution in [2.75, 3.05) is 26.7 Å². The molecule has 0 aliphatic carbocycles. The van der Waals surface area contributed by atoms with Crippen molar-refractivity contribution in [1.82, 2.24) is 4.90 Å². The van der Waals surface area contributed by atoms with Crippen molar-refractivity contribution in [1.29, 1.82) is 0 Å². The van der Waals surface area contributed by atoms with Crippen molar-refractivity contribution >= 4 is 12.8 Å². The Morgan fingerprint density at radius 1 is 1.30 bits per heavy atom. The first kappa shape index (κ1) is 14.4. The molecule has 1 saturated heterocycles. The van der Waals surface area contributed by atoms with Crippen LogP contribution in [0.4, 0.5) is 0 Å². The maximum atomic E-state index is 9.93. The predicted molar refractivity (Wildman–Crippen MR) is 77.1 cm³/mol. The summed E-state index contributed by atoms with van der Waals surface area (Å²) in [6.07, 6.45) is 4.91. The Kier molecular flexibility index (Phi) is 5.41. The topological polar surface area (TPSA) is 51.1 Å². The number of methoxy groups -OCH3 is 1. The molecule has 0 spiro atoms. The quantitative estimate of drug-likeness (QED) is 0.794. The van der Waals surface area contributed by atoms with Crippen LogP contribution in [0.25, 0.3) is 0 Å². The Bertz CT molecular complexity index is 431. The summed E-state index contributed by atoms with van der Waals surface area (Å²) in [6, 6.07) is 7.85. The first-order valence-corrected chi connectivity index (χ1v) is 6.80. The molecule has 2 aliphatic rings. The van der Waals surface area contributed by atoms with E-state index in [2.05, 4.69) is 4.99 Å². The van der Waals surface area contributed by atoms with E-state index < -0.39 is 0 Å². The largest absolute Gasteiger partial charge is 0.497 e. The zero-order valence-corrected chi connectivity index (χ0v) is 11.7. The normalized spacial score (nSPS) is 20.1. The van der Waals surface area contributed by atoms with Crippen LogP contribution in [0.1, 0.15) is 24.5 Å². The number of benzene rings is 1. The Morgan fingerprint density at radius 3 is 2.45 bits per heavy atom. The van der Waals surface area contributed by atoms with Crippen LogP contribution in [0.3, 0.4) is 0 Å². The molecule has 0 saturated carbocycles. The molecule has 1 unspecified atom stereocenters. The fourth-order valence-electron chi connectivity index (χ4n) is 2.15. The number of hydrogen-bond donors (Lipinski definition) is 0. The third-order valence-corrected chi connectivity index (χ3v) is 3.35. The minimum atomic E-state index is 0.0888. The van der Waals surface area contributed by atoms with Crippen molar-refractivity contribution in [3.63, 3.8) is 0 Å². The van der Waals surface area contributed by atoms with Crippen LogP contribution in [0.5, 0.6) is 5.75 Å². The fourth-order valence-corrected chi connectivity index (χ4v) is 2.15. The number of nitrogens with zero attached hydrogens (tertiary/aromatic N) is 2. The van der Waals surface area contributed by atoms with Crippen molar-refractivity contribution in [3.05, 3.63) is 29.8 Å². The first-order valence-electron chi connectivity index (χ1n) is 6.80. The highest BCUT2D eigenvalue weighted by molar-refractivity contribution is 5.50. The van der Waals surface area contributed by atoms with Gasteiger partial charge >= 0.3 is 0 Å².